The minimum Gasteiger partial charge on any atom is -0.319 e. The summed E-state index contributed by atoms with van der Waals surface area (Å²) >= 11 is 11.1. The zero-order valence-electron chi connectivity index (χ0n) is 12.4. The van der Waals surface area contributed by atoms with Crippen LogP contribution >= 0.6 is 23.8 Å². The fourth-order valence-corrected chi connectivity index (χ4v) is 3.08. The van der Waals surface area contributed by atoms with Gasteiger partial charge in [0.25, 0.3) is 0 Å². The van der Waals surface area contributed by atoms with E-state index in [2.05, 4.69) is 44.9 Å². The third-order valence-electron chi connectivity index (χ3n) is 3.89. The molecule has 0 atom stereocenters. The molecule has 2 aromatic heterocycles. The largest absolute Gasteiger partial charge is 0.319 e. The van der Waals surface area contributed by atoms with Gasteiger partial charge in [-0.3, -0.25) is 5.10 Å². The van der Waals surface area contributed by atoms with Crippen LogP contribution in [0.15, 0.2) is 42.5 Å². The first-order valence-corrected chi connectivity index (χ1v) is 8.00. The molecule has 0 unspecified atom stereocenters. The monoisotopic (exact) mass is 340 g/mol. The highest BCUT2D eigenvalue weighted by Crippen LogP contribution is 2.27. The standard InChI is InChI=1S/C17H13ClN4S/c1-10-2-7-14-13(8-10)15-16(19-17(23)21-20-15)22(14)9-11-3-5-12(18)6-4-11/h2-8H,9H2,1H3,(H,19,21,23). The summed E-state index contributed by atoms with van der Waals surface area (Å²) in [6, 6.07) is 14.2. The van der Waals surface area contributed by atoms with Gasteiger partial charge in [-0.1, -0.05) is 35.4 Å². The lowest BCUT2D eigenvalue weighted by Gasteiger charge is -2.07. The Hall–Kier alpha value is -2.24. The summed E-state index contributed by atoms with van der Waals surface area (Å²) in [5.41, 5.74) is 5.06. The lowest BCUT2D eigenvalue weighted by Crippen LogP contribution is -2.01. The van der Waals surface area contributed by atoms with Gasteiger partial charge in [-0.2, -0.15) is 10.1 Å². The quantitative estimate of drug-likeness (QED) is 0.540. The Morgan fingerprint density at radius 2 is 1.96 bits per heavy atom. The van der Waals surface area contributed by atoms with Crippen molar-refractivity contribution in [2.75, 3.05) is 0 Å². The van der Waals surface area contributed by atoms with Crippen molar-refractivity contribution in [3.63, 3.8) is 0 Å². The van der Waals surface area contributed by atoms with Crippen LogP contribution in [-0.4, -0.2) is 19.7 Å². The minimum absolute atomic E-state index is 0.384. The summed E-state index contributed by atoms with van der Waals surface area (Å²) in [7, 11) is 0. The van der Waals surface area contributed by atoms with Crippen LogP contribution in [0.1, 0.15) is 11.1 Å². The SMILES string of the molecule is Cc1ccc2c(c1)c1n[nH]c(=S)nc1n2Cc1ccc(Cl)cc1. The van der Waals surface area contributed by atoms with Crippen LogP contribution in [0.3, 0.4) is 0 Å². The molecule has 0 bridgehead atoms. The van der Waals surface area contributed by atoms with Crippen molar-refractivity contribution in [2.24, 2.45) is 0 Å². The Labute approximate surface area is 142 Å². The number of rotatable bonds is 2. The molecule has 0 aliphatic heterocycles. The summed E-state index contributed by atoms with van der Waals surface area (Å²) in [6.07, 6.45) is 0. The average molecular weight is 341 g/mol. The molecule has 4 aromatic rings. The van der Waals surface area contributed by atoms with E-state index in [9.17, 15) is 0 Å². The number of halogens is 1. The van der Waals surface area contributed by atoms with Gasteiger partial charge in [0.05, 0.1) is 5.52 Å². The van der Waals surface area contributed by atoms with Gasteiger partial charge in [-0.15, -0.1) is 0 Å². The Bertz CT molecular complexity index is 1080. The van der Waals surface area contributed by atoms with Crippen LogP contribution in [0.25, 0.3) is 22.1 Å². The number of aromatic amines is 1. The summed E-state index contributed by atoms with van der Waals surface area (Å²) in [5, 5.41) is 8.99. The van der Waals surface area contributed by atoms with E-state index >= 15 is 0 Å². The fourth-order valence-electron chi connectivity index (χ4n) is 2.82. The fraction of sp³-hybridized carbons (Fsp3) is 0.118. The molecule has 0 saturated heterocycles. The maximum absolute atomic E-state index is 5.97. The van der Waals surface area contributed by atoms with Gasteiger partial charge in [0.1, 0.15) is 5.52 Å². The zero-order valence-corrected chi connectivity index (χ0v) is 13.9. The van der Waals surface area contributed by atoms with Gasteiger partial charge in [-0.25, -0.2) is 0 Å². The number of nitrogens with one attached hydrogen (secondary N) is 1. The minimum atomic E-state index is 0.384. The smallest absolute Gasteiger partial charge is 0.215 e. The number of H-pyrrole nitrogens is 1. The lowest BCUT2D eigenvalue weighted by molar-refractivity contribution is 0.845. The van der Waals surface area contributed by atoms with E-state index in [1.165, 1.54) is 5.56 Å². The van der Waals surface area contributed by atoms with Crippen LogP contribution in [0.4, 0.5) is 0 Å². The third-order valence-corrected chi connectivity index (χ3v) is 4.32. The van der Waals surface area contributed by atoms with Gasteiger partial charge in [-0.05, 0) is 49.0 Å². The van der Waals surface area contributed by atoms with E-state index in [0.717, 1.165) is 32.7 Å². The van der Waals surface area contributed by atoms with Crippen LogP contribution in [0.5, 0.6) is 0 Å². The normalized spacial score (nSPS) is 11.4. The first-order valence-electron chi connectivity index (χ1n) is 7.21. The van der Waals surface area contributed by atoms with Crippen molar-refractivity contribution in [1.29, 1.82) is 0 Å². The predicted molar refractivity (Wildman–Crippen MR) is 95.5 cm³/mol. The first-order chi connectivity index (χ1) is 11.1. The second kappa shape index (κ2) is 5.44. The number of nitrogens with zero attached hydrogens (tertiary/aromatic N) is 3. The van der Waals surface area contributed by atoms with Crippen molar-refractivity contribution >= 4 is 45.9 Å². The van der Waals surface area contributed by atoms with Crippen LogP contribution in [-0.2, 0) is 6.54 Å². The topological polar surface area (TPSA) is 46.5 Å². The van der Waals surface area contributed by atoms with Gasteiger partial charge in [0, 0.05) is 17.0 Å². The Morgan fingerprint density at radius 3 is 2.74 bits per heavy atom. The molecule has 0 spiro atoms. The van der Waals surface area contributed by atoms with Gasteiger partial charge in [0.15, 0.2) is 5.65 Å². The van der Waals surface area contributed by atoms with Gasteiger partial charge >= 0.3 is 0 Å². The summed E-state index contributed by atoms with van der Waals surface area (Å²) < 4.78 is 2.53. The van der Waals surface area contributed by atoms with Crippen LogP contribution in [0.2, 0.25) is 5.02 Å². The molecular weight excluding hydrogens is 328 g/mol. The van der Waals surface area contributed by atoms with E-state index in [0.29, 0.717) is 11.3 Å². The second-order valence-corrected chi connectivity index (χ2v) is 6.37. The summed E-state index contributed by atoms with van der Waals surface area (Å²) in [4.78, 5) is 4.49. The zero-order chi connectivity index (χ0) is 16.0. The van der Waals surface area contributed by atoms with Crippen molar-refractivity contribution in [3.8, 4) is 0 Å². The van der Waals surface area contributed by atoms with Crippen LogP contribution < -0.4 is 0 Å². The highest BCUT2D eigenvalue weighted by Gasteiger charge is 2.13. The molecule has 6 heteroatoms. The molecule has 1 N–H and O–H groups in total. The highest BCUT2D eigenvalue weighted by atomic mass is 35.5. The van der Waals surface area contributed by atoms with Gasteiger partial charge < -0.3 is 4.57 Å². The third kappa shape index (κ3) is 2.52. The van der Waals surface area contributed by atoms with Crippen LogP contribution in [0, 0.1) is 11.7 Å². The molecule has 0 aliphatic rings. The molecule has 0 aliphatic carbocycles. The molecule has 2 aromatic carbocycles. The molecule has 4 rings (SSSR count). The Kier molecular flexibility index (Phi) is 3.39. The first kappa shape index (κ1) is 14.4. The van der Waals surface area contributed by atoms with Crippen molar-refractivity contribution in [1.82, 2.24) is 19.7 Å². The predicted octanol–water partition coefficient (Wildman–Crippen LogP) is 4.65. The number of benzene rings is 2. The maximum atomic E-state index is 5.97. The molecule has 0 amide bonds. The summed E-state index contributed by atoms with van der Waals surface area (Å²) in [6.45, 7) is 2.76. The van der Waals surface area contributed by atoms with Gasteiger partial charge in [0.2, 0.25) is 4.77 Å². The number of fused-ring (bicyclic) bond motifs is 3. The van der Waals surface area contributed by atoms with E-state index in [1.807, 2.05) is 24.3 Å². The molecule has 23 heavy (non-hydrogen) atoms. The molecule has 0 saturated carbocycles. The number of hydrogen-bond donors (Lipinski definition) is 1. The number of aryl methyl sites for hydroxylation is 1. The van der Waals surface area contributed by atoms with E-state index in [-0.39, 0.29) is 0 Å². The van der Waals surface area contributed by atoms with E-state index in [4.69, 9.17) is 23.8 Å². The van der Waals surface area contributed by atoms with Crippen molar-refractivity contribution < 1.29 is 0 Å². The second-order valence-electron chi connectivity index (χ2n) is 5.55. The highest BCUT2D eigenvalue weighted by molar-refractivity contribution is 7.71. The molecular formula is C17H13ClN4S. The molecule has 4 nitrogen and oxygen atoms in total. The van der Waals surface area contributed by atoms with Crippen molar-refractivity contribution in [2.45, 2.75) is 13.5 Å². The molecule has 0 radical (unpaired) electrons. The Morgan fingerprint density at radius 1 is 1.17 bits per heavy atom. The Balaban J connectivity index is 2.00. The molecule has 114 valence electrons. The molecule has 2 heterocycles. The van der Waals surface area contributed by atoms with Crippen molar-refractivity contribution in [3.05, 3.63) is 63.4 Å². The number of aromatic nitrogens is 4. The number of hydrogen-bond acceptors (Lipinski definition) is 3. The van der Waals surface area contributed by atoms with E-state index in [1.54, 1.807) is 0 Å². The maximum Gasteiger partial charge on any atom is 0.215 e. The molecule has 0 fully saturated rings. The lowest BCUT2D eigenvalue weighted by atomic mass is 10.1. The van der Waals surface area contributed by atoms with E-state index < -0.39 is 0 Å². The summed E-state index contributed by atoms with van der Waals surface area (Å²) in [5.74, 6) is 0. The average Bonchev–Trinajstić information content (AvgIpc) is 2.82.